The Kier molecular flexibility index (Phi) is 4.20. The van der Waals surface area contributed by atoms with E-state index in [1.54, 1.807) is 0 Å². The van der Waals surface area contributed by atoms with Gasteiger partial charge in [0.1, 0.15) is 0 Å². The molecule has 1 unspecified atom stereocenters. The predicted octanol–water partition coefficient (Wildman–Crippen LogP) is 0.192. The third kappa shape index (κ3) is 3.03. The van der Waals surface area contributed by atoms with E-state index in [1.807, 2.05) is 0 Å². The highest BCUT2D eigenvalue weighted by molar-refractivity contribution is 5.93. The Morgan fingerprint density at radius 2 is 1.71 bits per heavy atom. The van der Waals surface area contributed by atoms with Crippen LogP contribution in [-0.2, 0) is 14.4 Å². The summed E-state index contributed by atoms with van der Waals surface area (Å²) < 4.78 is 0. The zero-order valence-corrected chi connectivity index (χ0v) is 9.89. The van der Waals surface area contributed by atoms with Gasteiger partial charge in [-0.15, -0.1) is 0 Å². The first-order valence-electron chi connectivity index (χ1n) is 5.32. The Morgan fingerprint density at radius 1 is 1.12 bits per heavy atom. The molecule has 1 saturated heterocycles. The highest BCUT2D eigenvalue weighted by Crippen LogP contribution is 2.14. The fraction of sp³-hybridized carbons (Fsp3) is 0.417. The van der Waals surface area contributed by atoms with E-state index in [4.69, 9.17) is 0 Å². The lowest BCUT2D eigenvalue weighted by molar-refractivity contribution is -0.142. The molecule has 17 heavy (non-hydrogen) atoms. The van der Waals surface area contributed by atoms with Crippen molar-refractivity contribution in [2.24, 2.45) is 5.92 Å². The maximum absolute atomic E-state index is 11.6. The SMILES string of the molecule is C=CC(=O)C1CN(C(C)=O)CN(C(=O)C=C)C1. The Hall–Kier alpha value is -1.91. The number of hydrogen-bond donors (Lipinski definition) is 0. The second kappa shape index (κ2) is 5.43. The van der Waals surface area contributed by atoms with Crippen LogP contribution in [0.1, 0.15) is 6.92 Å². The first-order valence-corrected chi connectivity index (χ1v) is 5.32. The van der Waals surface area contributed by atoms with E-state index >= 15 is 0 Å². The molecule has 0 saturated carbocycles. The molecular weight excluding hydrogens is 220 g/mol. The zero-order valence-electron chi connectivity index (χ0n) is 9.89. The molecule has 1 rings (SSSR count). The van der Waals surface area contributed by atoms with Crippen LogP contribution < -0.4 is 0 Å². The van der Waals surface area contributed by atoms with Crippen LogP contribution in [-0.4, -0.2) is 47.2 Å². The summed E-state index contributed by atoms with van der Waals surface area (Å²) in [5.74, 6) is -0.988. The smallest absolute Gasteiger partial charge is 0.247 e. The second-order valence-electron chi connectivity index (χ2n) is 3.95. The number of nitrogens with zero attached hydrogens (tertiary/aromatic N) is 2. The lowest BCUT2D eigenvalue weighted by Gasteiger charge is -2.38. The van der Waals surface area contributed by atoms with Gasteiger partial charge in [-0.3, -0.25) is 14.4 Å². The zero-order chi connectivity index (χ0) is 13.0. The molecule has 0 aromatic carbocycles. The van der Waals surface area contributed by atoms with Gasteiger partial charge in [0.15, 0.2) is 5.78 Å². The normalized spacial score (nSPS) is 19.7. The van der Waals surface area contributed by atoms with Crippen LogP contribution in [0.3, 0.4) is 0 Å². The molecule has 0 aromatic heterocycles. The lowest BCUT2D eigenvalue weighted by Crippen LogP contribution is -2.54. The third-order valence-corrected chi connectivity index (χ3v) is 2.76. The van der Waals surface area contributed by atoms with Gasteiger partial charge >= 0.3 is 0 Å². The van der Waals surface area contributed by atoms with Crippen molar-refractivity contribution in [1.29, 1.82) is 0 Å². The third-order valence-electron chi connectivity index (χ3n) is 2.76. The van der Waals surface area contributed by atoms with Gasteiger partial charge in [0.05, 0.1) is 12.6 Å². The maximum Gasteiger partial charge on any atom is 0.247 e. The molecule has 92 valence electrons. The van der Waals surface area contributed by atoms with E-state index in [2.05, 4.69) is 13.2 Å². The van der Waals surface area contributed by atoms with E-state index in [0.29, 0.717) is 13.1 Å². The molecule has 5 nitrogen and oxygen atoms in total. The summed E-state index contributed by atoms with van der Waals surface area (Å²) >= 11 is 0. The Labute approximate surface area is 100 Å². The van der Waals surface area contributed by atoms with E-state index in [1.165, 1.54) is 28.9 Å². The number of amides is 2. The van der Waals surface area contributed by atoms with Crippen molar-refractivity contribution >= 4 is 17.6 Å². The minimum Gasteiger partial charge on any atom is -0.324 e. The van der Waals surface area contributed by atoms with Gasteiger partial charge in [-0.25, -0.2) is 0 Å². The van der Waals surface area contributed by atoms with Crippen molar-refractivity contribution < 1.29 is 14.4 Å². The van der Waals surface area contributed by atoms with Crippen LogP contribution >= 0.6 is 0 Å². The number of allylic oxidation sites excluding steroid dienone is 1. The molecule has 1 atom stereocenters. The van der Waals surface area contributed by atoms with Crippen molar-refractivity contribution in [2.45, 2.75) is 6.92 Å². The number of ketones is 1. The molecule has 1 aliphatic rings. The average molecular weight is 236 g/mol. The van der Waals surface area contributed by atoms with Crippen LogP contribution in [0.4, 0.5) is 0 Å². The largest absolute Gasteiger partial charge is 0.324 e. The van der Waals surface area contributed by atoms with Gasteiger partial charge in [-0.05, 0) is 12.2 Å². The van der Waals surface area contributed by atoms with Gasteiger partial charge in [-0.1, -0.05) is 13.2 Å². The van der Waals surface area contributed by atoms with Gasteiger partial charge in [0, 0.05) is 20.0 Å². The first kappa shape index (κ1) is 13.2. The predicted molar refractivity (Wildman–Crippen MR) is 62.9 cm³/mol. The van der Waals surface area contributed by atoms with Crippen LogP contribution in [0, 0.1) is 5.92 Å². The topological polar surface area (TPSA) is 57.7 Å². The molecule has 5 heteroatoms. The molecule has 2 amide bonds. The lowest BCUT2D eigenvalue weighted by atomic mass is 10.0. The van der Waals surface area contributed by atoms with Crippen LogP contribution in [0.5, 0.6) is 0 Å². The number of carbonyl (C=O) groups excluding carboxylic acids is 3. The molecule has 0 bridgehead atoms. The van der Waals surface area contributed by atoms with E-state index in [-0.39, 0.29) is 24.3 Å². The maximum atomic E-state index is 11.6. The first-order chi connectivity index (χ1) is 7.99. The molecule has 1 heterocycles. The fourth-order valence-electron chi connectivity index (χ4n) is 1.77. The standard InChI is InChI=1S/C12H16N2O3/c1-4-11(16)10-6-13(9(3)15)8-14(7-10)12(17)5-2/h4-5,10H,1-2,6-8H2,3H3. The van der Waals surface area contributed by atoms with Gasteiger partial charge in [-0.2, -0.15) is 0 Å². The number of rotatable bonds is 3. The minimum absolute atomic E-state index is 0.155. The van der Waals surface area contributed by atoms with Crippen molar-refractivity contribution in [1.82, 2.24) is 9.80 Å². The summed E-state index contributed by atoms with van der Waals surface area (Å²) in [6.45, 7) is 9.08. The molecule has 0 radical (unpaired) electrons. The van der Waals surface area contributed by atoms with Crippen molar-refractivity contribution in [3.8, 4) is 0 Å². The van der Waals surface area contributed by atoms with E-state index in [0.717, 1.165) is 0 Å². The summed E-state index contributed by atoms with van der Waals surface area (Å²) in [6.07, 6.45) is 2.41. The van der Waals surface area contributed by atoms with Crippen LogP contribution in [0.15, 0.2) is 25.3 Å². The Bertz CT molecular complexity index is 348. The molecule has 1 aliphatic heterocycles. The van der Waals surface area contributed by atoms with Crippen LogP contribution in [0.25, 0.3) is 0 Å². The summed E-state index contributed by atoms with van der Waals surface area (Å²) in [5, 5.41) is 0. The highest BCUT2D eigenvalue weighted by Gasteiger charge is 2.31. The average Bonchev–Trinajstić information content (AvgIpc) is 2.36. The summed E-state index contributed by atoms with van der Waals surface area (Å²) in [7, 11) is 0. The molecule has 0 aromatic rings. The van der Waals surface area contributed by atoms with Crippen LogP contribution in [0.2, 0.25) is 0 Å². The molecular formula is C12H16N2O3. The Morgan fingerprint density at radius 3 is 2.18 bits per heavy atom. The summed E-state index contributed by atoms with van der Waals surface area (Å²) in [4.78, 5) is 37.3. The Balaban J connectivity index is 2.86. The summed E-state index contributed by atoms with van der Waals surface area (Å²) in [6, 6.07) is 0. The van der Waals surface area contributed by atoms with Crippen molar-refractivity contribution in [3.05, 3.63) is 25.3 Å². The molecule has 1 fully saturated rings. The van der Waals surface area contributed by atoms with Crippen molar-refractivity contribution in [3.63, 3.8) is 0 Å². The minimum atomic E-state index is -0.394. The monoisotopic (exact) mass is 236 g/mol. The molecule has 0 aliphatic carbocycles. The molecule has 0 N–H and O–H groups in total. The van der Waals surface area contributed by atoms with E-state index in [9.17, 15) is 14.4 Å². The van der Waals surface area contributed by atoms with Gasteiger partial charge < -0.3 is 9.80 Å². The quantitative estimate of drug-likeness (QED) is 0.657. The van der Waals surface area contributed by atoms with Gasteiger partial charge in [0.25, 0.3) is 0 Å². The highest BCUT2D eigenvalue weighted by atomic mass is 16.2. The number of carbonyl (C=O) groups is 3. The van der Waals surface area contributed by atoms with E-state index < -0.39 is 5.92 Å². The van der Waals surface area contributed by atoms with Gasteiger partial charge in [0.2, 0.25) is 11.8 Å². The fourth-order valence-corrected chi connectivity index (χ4v) is 1.77. The second-order valence-corrected chi connectivity index (χ2v) is 3.95. The molecule has 0 spiro atoms. The van der Waals surface area contributed by atoms with Crippen molar-refractivity contribution in [2.75, 3.05) is 19.8 Å². The summed E-state index contributed by atoms with van der Waals surface area (Å²) in [5.41, 5.74) is 0. The number of hydrogen-bond acceptors (Lipinski definition) is 3.